The zero-order valence-corrected chi connectivity index (χ0v) is 16.7. The second-order valence-electron chi connectivity index (χ2n) is 7.64. The molecule has 1 amide bonds. The van der Waals surface area contributed by atoms with Crippen LogP contribution in [0.5, 0.6) is 11.5 Å². The number of carbonyl (C=O) groups is 1. The predicted octanol–water partition coefficient (Wildman–Crippen LogP) is 3.50. The first-order chi connectivity index (χ1) is 13.7. The summed E-state index contributed by atoms with van der Waals surface area (Å²) in [6.07, 6.45) is 3.38. The van der Waals surface area contributed by atoms with E-state index in [-0.39, 0.29) is 5.91 Å². The number of likely N-dealkylation sites (tertiary alicyclic amines) is 1. The van der Waals surface area contributed by atoms with Gasteiger partial charge in [-0.3, -0.25) is 9.69 Å². The lowest BCUT2D eigenvalue weighted by Crippen LogP contribution is -2.36. The molecule has 1 saturated heterocycles. The molecule has 148 valence electrons. The number of hydrogen-bond donors (Lipinski definition) is 0. The van der Waals surface area contributed by atoms with Crippen molar-refractivity contribution in [1.82, 2.24) is 9.80 Å². The molecule has 28 heavy (non-hydrogen) atoms. The quantitative estimate of drug-likeness (QED) is 0.796. The van der Waals surface area contributed by atoms with E-state index in [0.29, 0.717) is 12.3 Å². The highest BCUT2D eigenvalue weighted by Crippen LogP contribution is 2.33. The van der Waals surface area contributed by atoms with E-state index in [1.54, 1.807) is 14.2 Å². The van der Waals surface area contributed by atoms with E-state index in [0.717, 1.165) is 49.5 Å². The molecular weight excluding hydrogens is 352 g/mol. The average Bonchev–Trinajstić information content (AvgIpc) is 3.25. The molecule has 2 aromatic carbocycles. The third kappa shape index (κ3) is 3.85. The van der Waals surface area contributed by atoms with Gasteiger partial charge in [-0.2, -0.15) is 0 Å². The van der Waals surface area contributed by atoms with Gasteiger partial charge in [-0.15, -0.1) is 0 Å². The van der Waals surface area contributed by atoms with Gasteiger partial charge in [0.1, 0.15) is 0 Å². The number of rotatable bonds is 5. The molecule has 2 aliphatic heterocycles. The van der Waals surface area contributed by atoms with Crippen LogP contribution in [0.15, 0.2) is 36.4 Å². The van der Waals surface area contributed by atoms with Crippen LogP contribution in [-0.4, -0.2) is 49.6 Å². The molecule has 5 nitrogen and oxygen atoms in total. The van der Waals surface area contributed by atoms with Crippen molar-refractivity contribution in [2.24, 2.45) is 0 Å². The third-order valence-corrected chi connectivity index (χ3v) is 5.78. The van der Waals surface area contributed by atoms with E-state index in [9.17, 15) is 4.79 Å². The molecule has 5 heteroatoms. The Morgan fingerprint density at radius 2 is 1.68 bits per heavy atom. The lowest BCUT2D eigenvalue weighted by Gasteiger charge is -2.30. The number of amides is 1. The summed E-state index contributed by atoms with van der Waals surface area (Å²) < 4.78 is 10.8. The lowest BCUT2D eigenvalue weighted by molar-refractivity contribution is 0.0734. The lowest BCUT2D eigenvalue weighted by atomic mass is 9.98. The summed E-state index contributed by atoms with van der Waals surface area (Å²) in [5, 5.41) is 0. The monoisotopic (exact) mass is 380 g/mol. The number of fused-ring (bicyclic) bond motifs is 1. The van der Waals surface area contributed by atoms with E-state index in [4.69, 9.17) is 9.47 Å². The number of ether oxygens (including phenoxy) is 2. The fraction of sp³-hybridized carbons (Fsp3) is 0.435. The van der Waals surface area contributed by atoms with Crippen LogP contribution in [0.25, 0.3) is 0 Å². The molecule has 1 fully saturated rings. The maximum atomic E-state index is 13.1. The highest BCUT2D eigenvalue weighted by Gasteiger charge is 2.24. The normalized spacial score (nSPS) is 16.7. The van der Waals surface area contributed by atoms with Crippen LogP contribution in [0.3, 0.4) is 0 Å². The van der Waals surface area contributed by atoms with Gasteiger partial charge in [-0.05, 0) is 73.3 Å². The molecule has 0 spiro atoms. The minimum atomic E-state index is 0.101. The Morgan fingerprint density at radius 1 is 0.964 bits per heavy atom. The van der Waals surface area contributed by atoms with Crippen molar-refractivity contribution < 1.29 is 14.3 Å². The van der Waals surface area contributed by atoms with Crippen molar-refractivity contribution in [3.8, 4) is 11.5 Å². The van der Waals surface area contributed by atoms with E-state index in [2.05, 4.69) is 17.0 Å². The molecule has 0 aromatic heterocycles. The Morgan fingerprint density at radius 3 is 2.39 bits per heavy atom. The van der Waals surface area contributed by atoms with Crippen LogP contribution in [-0.2, 0) is 19.5 Å². The van der Waals surface area contributed by atoms with Crippen molar-refractivity contribution >= 4 is 5.91 Å². The standard InChI is InChI=1S/C23H28N2O3/c1-27-21-13-18-8-11-25(16-20(18)14-22(21)28-2)23(26)19-7-5-6-17(12-19)15-24-9-3-4-10-24/h5-7,12-14H,3-4,8-11,15-16H2,1-2H3. The summed E-state index contributed by atoms with van der Waals surface area (Å²) >= 11 is 0. The summed E-state index contributed by atoms with van der Waals surface area (Å²) in [5.41, 5.74) is 4.35. The molecular formula is C23H28N2O3. The van der Waals surface area contributed by atoms with Gasteiger partial charge < -0.3 is 14.4 Å². The Balaban J connectivity index is 1.50. The first-order valence-electron chi connectivity index (χ1n) is 10.0. The van der Waals surface area contributed by atoms with Crippen molar-refractivity contribution in [2.45, 2.75) is 32.4 Å². The summed E-state index contributed by atoms with van der Waals surface area (Å²) in [5.74, 6) is 1.56. The highest BCUT2D eigenvalue weighted by atomic mass is 16.5. The van der Waals surface area contributed by atoms with E-state index >= 15 is 0 Å². The number of carbonyl (C=O) groups excluding carboxylic acids is 1. The highest BCUT2D eigenvalue weighted by molar-refractivity contribution is 5.94. The van der Waals surface area contributed by atoms with E-state index in [1.165, 1.54) is 24.0 Å². The first-order valence-corrected chi connectivity index (χ1v) is 10.0. The minimum Gasteiger partial charge on any atom is -0.493 e. The fourth-order valence-corrected chi connectivity index (χ4v) is 4.24. The maximum Gasteiger partial charge on any atom is 0.254 e. The van der Waals surface area contributed by atoms with Gasteiger partial charge in [0.2, 0.25) is 0 Å². The van der Waals surface area contributed by atoms with Crippen LogP contribution in [0.2, 0.25) is 0 Å². The van der Waals surface area contributed by atoms with Gasteiger partial charge in [-0.25, -0.2) is 0 Å². The molecule has 2 aromatic rings. The molecule has 0 saturated carbocycles. The van der Waals surface area contributed by atoms with Gasteiger partial charge in [0, 0.05) is 25.2 Å². The Hall–Kier alpha value is -2.53. The van der Waals surface area contributed by atoms with E-state index < -0.39 is 0 Å². The molecule has 0 bridgehead atoms. The SMILES string of the molecule is COc1cc2c(cc1OC)CN(C(=O)c1cccc(CN3CCCC3)c1)CC2. The summed E-state index contributed by atoms with van der Waals surface area (Å²) in [7, 11) is 3.29. The molecule has 0 N–H and O–H groups in total. The predicted molar refractivity (Wildman–Crippen MR) is 109 cm³/mol. The Bertz CT molecular complexity index is 859. The van der Waals surface area contributed by atoms with Crippen molar-refractivity contribution in [2.75, 3.05) is 33.9 Å². The molecule has 4 rings (SSSR count). The van der Waals surface area contributed by atoms with E-state index in [1.807, 2.05) is 29.2 Å². The zero-order chi connectivity index (χ0) is 19.5. The molecule has 2 aliphatic rings. The van der Waals surface area contributed by atoms with Crippen LogP contribution in [0.1, 0.15) is 39.9 Å². The van der Waals surface area contributed by atoms with Crippen molar-refractivity contribution in [1.29, 1.82) is 0 Å². The summed E-state index contributed by atoms with van der Waals surface area (Å²) in [6, 6.07) is 12.1. The fourth-order valence-electron chi connectivity index (χ4n) is 4.24. The van der Waals surface area contributed by atoms with Crippen LogP contribution < -0.4 is 9.47 Å². The largest absolute Gasteiger partial charge is 0.493 e. The first kappa shape index (κ1) is 18.8. The van der Waals surface area contributed by atoms with Crippen LogP contribution in [0.4, 0.5) is 0 Å². The van der Waals surface area contributed by atoms with Gasteiger partial charge in [0.05, 0.1) is 14.2 Å². The molecule has 0 atom stereocenters. The summed E-state index contributed by atoms with van der Waals surface area (Å²) in [4.78, 5) is 17.5. The number of nitrogens with zero attached hydrogens (tertiary/aromatic N) is 2. The van der Waals surface area contributed by atoms with Gasteiger partial charge in [0.15, 0.2) is 11.5 Å². The maximum absolute atomic E-state index is 13.1. The third-order valence-electron chi connectivity index (χ3n) is 5.78. The second-order valence-corrected chi connectivity index (χ2v) is 7.64. The van der Waals surface area contributed by atoms with Crippen LogP contribution in [0, 0.1) is 0 Å². The van der Waals surface area contributed by atoms with Crippen molar-refractivity contribution in [3.05, 3.63) is 58.7 Å². The average molecular weight is 380 g/mol. The van der Waals surface area contributed by atoms with Crippen LogP contribution >= 0.6 is 0 Å². The smallest absolute Gasteiger partial charge is 0.254 e. The second kappa shape index (κ2) is 8.23. The van der Waals surface area contributed by atoms with Gasteiger partial charge in [-0.1, -0.05) is 12.1 Å². The number of methoxy groups -OCH3 is 2. The Kier molecular flexibility index (Phi) is 5.53. The minimum absolute atomic E-state index is 0.101. The van der Waals surface area contributed by atoms with Gasteiger partial charge >= 0.3 is 0 Å². The topological polar surface area (TPSA) is 42.0 Å². The molecule has 0 unspecified atom stereocenters. The van der Waals surface area contributed by atoms with Crippen molar-refractivity contribution in [3.63, 3.8) is 0 Å². The summed E-state index contributed by atoms with van der Waals surface area (Å²) in [6.45, 7) is 4.57. The molecule has 2 heterocycles. The molecule has 0 aliphatic carbocycles. The Labute approximate surface area is 166 Å². The zero-order valence-electron chi connectivity index (χ0n) is 16.7. The number of hydrogen-bond acceptors (Lipinski definition) is 4. The van der Waals surface area contributed by atoms with Gasteiger partial charge in [0.25, 0.3) is 5.91 Å². The molecule has 0 radical (unpaired) electrons. The number of benzene rings is 2.